The number of hydrogen-bond donors (Lipinski definition) is 2. The van der Waals surface area contributed by atoms with E-state index in [1.807, 2.05) is 0 Å². The van der Waals surface area contributed by atoms with E-state index >= 15 is 0 Å². The van der Waals surface area contributed by atoms with E-state index in [1.165, 1.54) is 24.5 Å². The zero-order chi connectivity index (χ0) is 18.0. The van der Waals surface area contributed by atoms with Crippen LogP contribution in [-0.2, 0) is 6.54 Å². The molecule has 0 aliphatic rings. The smallest absolute Gasteiger partial charge is 0.328 e. The second kappa shape index (κ2) is 7.12. The second-order valence-corrected chi connectivity index (χ2v) is 6.50. The van der Waals surface area contributed by atoms with Crippen LogP contribution in [0.3, 0.4) is 0 Å². The fourth-order valence-electron chi connectivity index (χ4n) is 2.40. The predicted octanol–water partition coefficient (Wildman–Crippen LogP) is 1.84. The van der Waals surface area contributed by atoms with Crippen LogP contribution in [0.4, 0.5) is 0 Å². The monoisotopic (exact) mass is 379 g/mol. The molecule has 0 spiro atoms. The highest BCUT2D eigenvalue weighted by Crippen LogP contribution is 2.22. The third-order valence-corrected chi connectivity index (χ3v) is 4.76. The van der Waals surface area contributed by atoms with Gasteiger partial charge in [0, 0.05) is 18.1 Å². The minimum Gasteiger partial charge on any atom is -0.496 e. The first-order valence-corrected chi connectivity index (χ1v) is 8.59. The summed E-state index contributed by atoms with van der Waals surface area (Å²) in [7, 11) is 1.44. The highest BCUT2D eigenvalue weighted by Gasteiger charge is 2.13. The molecular formula is C16H14ClN3O4S. The maximum Gasteiger partial charge on any atom is 0.328 e. The van der Waals surface area contributed by atoms with Gasteiger partial charge in [-0.15, -0.1) is 11.3 Å². The third-order valence-electron chi connectivity index (χ3n) is 3.62. The Balaban J connectivity index is 1.74. The number of H-pyrrole nitrogens is 1. The Bertz CT molecular complexity index is 1050. The van der Waals surface area contributed by atoms with Crippen LogP contribution in [0.15, 0.2) is 39.2 Å². The number of amides is 1. The van der Waals surface area contributed by atoms with Gasteiger partial charge in [-0.2, -0.15) is 0 Å². The van der Waals surface area contributed by atoms with Gasteiger partial charge in [-0.05, 0) is 29.6 Å². The molecule has 130 valence electrons. The fourth-order valence-corrected chi connectivity index (χ4v) is 3.36. The molecule has 0 unspecified atom stereocenters. The quantitative estimate of drug-likeness (QED) is 0.707. The number of rotatable bonds is 5. The van der Waals surface area contributed by atoms with E-state index in [0.717, 1.165) is 4.57 Å². The number of carbonyl (C=O) groups is 1. The van der Waals surface area contributed by atoms with Crippen LogP contribution in [0.2, 0.25) is 5.02 Å². The summed E-state index contributed by atoms with van der Waals surface area (Å²) in [5.41, 5.74) is -0.0330. The first-order chi connectivity index (χ1) is 12.0. The molecular weight excluding hydrogens is 366 g/mol. The van der Waals surface area contributed by atoms with Crippen molar-refractivity contribution in [1.82, 2.24) is 14.9 Å². The summed E-state index contributed by atoms with van der Waals surface area (Å²) < 4.78 is 6.68. The molecule has 0 saturated carbocycles. The fraction of sp³-hybridized carbons (Fsp3) is 0.188. The van der Waals surface area contributed by atoms with Crippen molar-refractivity contribution in [2.75, 3.05) is 13.7 Å². The summed E-state index contributed by atoms with van der Waals surface area (Å²) in [5.74, 6) is -0.0322. The van der Waals surface area contributed by atoms with Crippen molar-refractivity contribution in [2.24, 2.45) is 0 Å². The van der Waals surface area contributed by atoms with Crippen molar-refractivity contribution in [1.29, 1.82) is 0 Å². The summed E-state index contributed by atoms with van der Waals surface area (Å²) in [6.07, 6.45) is 0. The van der Waals surface area contributed by atoms with Crippen molar-refractivity contribution < 1.29 is 9.53 Å². The number of nitrogens with one attached hydrogen (secondary N) is 2. The number of fused-ring (bicyclic) bond motifs is 1. The number of ether oxygens (including phenoxy) is 1. The van der Waals surface area contributed by atoms with Crippen LogP contribution in [0, 0.1) is 0 Å². The van der Waals surface area contributed by atoms with Gasteiger partial charge in [0.1, 0.15) is 10.4 Å². The van der Waals surface area contributed by atoms with Gasteiger partial charge in [-0.3, -0.25) is 14.2 Å². The van der Waals surface area contributed by atoms with E-state index in [4.69, 9.17) is 16.3 Å². The van der Waals surface area contributed by atoms with Crippen molar-refractivity contribution in [3.8, 4) is 5.75 Å². The van der Waals surface area contributed by atoms with E-state index in [9.17, 15) is 14.4 Å². The average Bonchev–Trinajstić information content (AvgIpc) is 3.05. The normalized spacial score (nSPS) is 10.8. The molecule has 3 aromatic rings. The molecule has 0 saturated heterocycles. The topological polar surface area (TPSA) is 93.2 Å². The number of methoxy groups -OCH3 is 1. The summed E-state index contributed by atoms with van der Waals surface area (Å²) in [6.45, 7) is 0.175. The van der Waals surface area contributed by atoms with Crippen LogP contribution in [0.25, 0.3) is 10.2 Å². The number of carbonyl (C=O) groups excluding carboxylic acids is 1. The zero-order valence-corrected chi connectivity index (χ0v) is 14.7. The minimum absolute atomic E-state index is 0.0592. The number of hydrogen-bond acceptors (Lipinski definition) is 5. The Labute approximate surface area is 150 Å². The number of halogens is 1. The molecule has 2 N–H and O–H groups in total. The maximum atomic E-state index is 12.3. The zero-order valence-electron chi connectivity index (χ0n) is 13.2. The molecule has 0 radical (unpaired) electrons. The lowest BCUT2D eigenvalue weighted by atomic mass is 10.2. The van der Waals surface area contributed by atoms with E-state index in [1.54, 1.807) is 23.6 Å². The predicted molar refractivity (Wildman–Crippen MR) is 97.0 cm³/mol. The van der Waals surface area contributed by atoms with Crippen molar-refractivity contribution in [3.05, 3.63) is 61.1 Å². The van der Waals surface area contributed by atoms with Crippen LogP contribution in [-0.4, -0.2) is 29.1 Å². The van der Waals surface area contributed by atoms with Crippen molar-refractivity contribution in [2.45, 2.75) is 6.54 Å². The number of thiophene rings is 1. The lowest BCUT2D eigenvalue weighted by molar-refractivity contribution is 0.0949. The Morgan fingerprint density at radius 2 is 2.16 bits per heavy atom. The summed E-state index contributed by atoms with van der Waals surface area (Å²) >= 11 is 7.13. The largest absolute Gasteiger partial charge is 0.496 e. The molecule has 0 aliphatic carbocycles. The van der Waals surface area contributed by atoms with Gasteiger partial charge >= 0.3 is 5.69 Å². The Hall–Kier alpha value is -2.58. The molecule has 0 atom stereocenters. The van der Waals surface area contributed by atoms with Crippen LogP contribution >= 0.6 is 22.9 Å². The first-order valence-electron chi connectivity index (χ1n) is 7.33. The molecule has 9 heteroatoms. The summed E-state index contributed by atoms with van der Waals surface area (Å²) in [4.78, 5) is 39.2. The molecule has 7 nitrogen and oxygen atoms in total. The number of aromatic amines is 1. The van der Waals surface area contributed by atoms with Gasteiger partial charge in [0.15, 0.2) is 0 Å². The van der Waals surface area contributed by atoms with Gasteiger partial charge in [-0.25, -0.2) is 4.79 Å². The van der Waals surface area contributed by atoms with Crippen LogP contribution < -0.4 is 21.3 Å². The summed E-state index contributed by atoms with van der Waals surface area (Å²) in [6, 6.07) is 6.35. The minimum atomic E-state index is -0.505. The van der Waals surface area contributed by atoms with Gasteiger partial charge in [0.2, 0.25) is 0 Å². The van der Waals surface area contributed by atoms with Crippen molar-refractivity contribution >= 4 is 39.1 Å². The second-order valence-electron chi connectivity index (χ2n) is 5.15. The number of benzene rings is 1. The third kappa shape index (κ3) is 3.45. The van der Waals surface area contributed by atoms with E-state index in [2.05, 4.69) is 10.3 Å². The van der Waals surface area contributed by atoms with E-state index in [-0.39, 0.29) is 24.6 Å². The standard InChI is InChI=1S/C16H14ClN3O4S/c1-24-12-8-9(17)2-3-10(12)14(21)18-5-6-20-15(22)13-11(4-7-25-13)19-16(20)23/h2-4,7-8H,5-6H2,1H3,(H,18,21)(H,19,23). The molecule has 1 aromatic carbocycles. The SMILES string of the molecule is COc1cc(Cl)ccc1C(=O)NCCn1c(=O)[nH]c2ccsc2c1=O. The van der Waals surface area contributed by atoms with Crippen LogP contribution in [0.5, 0.6) is 5.75 Å². The Morgan fingerprint density at radius 1 is 1.36 bits per heavy atom. The van der Waals surface area contributed by atoms with E-state index in [0.29, 0.717) is 26.6 Å². The Morgan fingerprint density at radius 3 is 2.92 bits per heavy atom. The molecule has 25 heavy (non-hydrogen) atoms. The maximum absolute atomic E-state index is 12.3. The molecule has 2 aromatic heterocycles. The lowest BCUT2D eigenvalue weighted by Gasteiger charge is -2.10. The molecule has 2 heterocycles. The average molecular weight is 380 g/mol. The molecule has 0 aliphatic heterocycles. The molecule has 3 rings (SSSR count). The van der Waals surface area contributed by atoms with Crippen LogP contribution in [0.1, 0.15) is 10.4 Å². The molecule has 0 bridgehead atoms. The Kier molecular flexibility index (Phi) is 4.91. The van der Waals surface area contributed by atoms with Crippen molar-refractivity contribution in [3.63, 3.8) is 0 Å². The highest BCUT2D eigenvalue weighted by molar-refractivity contribution is 7.17. The summed E-state index contributed by atoms with van der Waals surface area (Å²) in [5, 5.41) is 4.86. The first kappa shape index (κ1) is 17.2. The number of nitrogens with zero attached hydrogens (tertiary/aromatic N) is 1. The van der Waals surface area contributed by atoms with Gasteiger partial charge in [0.25, 0.3) is 11.5 Å². The highest BCUT2D eigenvalue weighted by atomic mass is 35.5. The van der Waals surface area contributed by atoms with Gasteiger partial charge in [0.05, 0.1) is 18.2 Å². The number of aromatic nitrogens is 2. The molecule has 1 amide bonds. The van der Waals surface area contributed by atoms with Gasteiger partial charge in [-0.1, -0.05) is 11.6 Å². The lowest BCUT2D eigenvalue weighted by Crippen LogP contribution is -2.38. The molecule has 0 fully saturated rings. The van der Waals surface area contributed by atoms with E-state index < -0.39 is 5.69 Å². The van der Waals surface area contributed by atoms with Gasteiger partial charge < -0.3 is 15.0 Å².